The van der Waals surface area contributed by atoms with E-state index in [1.807, 2.05) is 0 Å². The van der Waals surface area contributed by atoms with Crippen LogP contribution in [0.4, 0.5) is 0 Å². The molecule has 1 aromatic rings. The number of nitrogens with one attached hydrogen (secondary N) is 2. The Morgan fingerprint density at radius 2 is 2.15 bits per heavy atom. The first-order chi connectivity index (χ1) is 13.1. The van der Waals surface area contributed by atoms with Gasteiger partial charge in [-0.2, -0.15) is 0 Å². The van der Waals surface area contributed by atoms with Crippen LogP contribution in [0, 0.1) is 5.92 Å². The van der Waals surface area contributed by atoms with Crippen LogP contribution in [0.3, 0.4) is 0 Å². The summed E-state index contributed by atoms with van der Waals surface area (Å²) < 4.78 is 11.4. The Labute approximate surface area is 163 Å². The summed E-state index contributed by atoms with van der Waals surface area (Å²) >= 11 is 0. The van der Waals surface area contributed by atoms with E-state index in [-0.39, 0.29) is 12.7 Å². The molecule has 27 heavy (non-hydrogen) atoms. The molecule has 1 aromatic carbocycles. The second-order valence-corrected chi connectivity index (χ2v) is 7.15. The van der Waals surface area contributed by atoms with Gasteiger partial charge in [-0.1, -0.05) is 13.3 Å². The highest BCUT2D eigenvalue weighted by molar-refractivity contribution is 5.79. The number of nitrogens with zero attached hydrogens (tertiary/aromatic N) is 1. The summed E-state index contributed by atoms with van der Waals surface area (Å²) in [6.45, 7) is 8.66. The molecule has 0 bridgehead atoms. The van der Waals surface area contributed by atoms with E-state index in [0.29, 0.717) is 12.5 Å². The van der Waals surface area contributed by atoms with E-state index in [0.717, 1.165) is 61.8 Å². The van der Waals surface area contributed by atoms with Crippen LogP contribution in [0.2, 0.25) is 0 Å². The molecule has 0 aliphatic carbocycles. The predicted molar refractivity (Wildman–Crippen MR) is 110 cm³/mol. The molecule has 152 valence electrons. The molecule has 6 nitrogen and oxygen atoms in total. The zero-order valence-corrected chi connectivity index (χ0v) is 17.2. The third-order valence-corrected chi connectivity index (χ3v) is 4.84. The van der Waals surface area contributed by atoms with Crippen LogP contribution in [0.25, 0.3) is 0 Å². The van der Waals surface area contributed by atoms with Crippen molar-refractivity contribution in [1.82, 2.24) is 10.6 Å². The minimum Gasteiger partial charge on any atom is -0.496 e. The standard InChI is InChI=1S/C21H35N3O3/c1-5-7-16(8-9-25)13-23-21(22-6-2)24-14-18-12-20-17(10-15(3)27-20)11-19(18)26-4/h11-12,15-16,25H,5-10,13-14H2,1-4H3,(H2,22,23,24). The normalized spacial score (nSPS) is 17.2. The molecule has 2 rings (SSSR count). The lowest BCUT2D eigenvalue weighted by atomic mass is 10.0. The van der Waals surface area contributed by atoms with E-state index in [1.54, 1.807) is 7.11 Å². The number of benzene rings is 1. The molecule has 2 atom stereocenters. The number of aliphatic imine (C=N–C) groups is 1. The average Bonchev–Trinajstić information content (AvgIpc) is 3.02. The van der Waals surface area contributed by atoms with Gasteiger partial charge in [-0.15, -0.1) is 0 Å². The van der Waals surface area contributed by atoms with Crippen molar-refractivity contribution in [2.24, 2.45) is 10.9 Å². The van der Waals surface area contributed by atoms with Gasteiger partial charge in [-0.25, -0.2) is 4.99 Å². The minimum absolute atomic E-state index is 0.212. The van der Waals surface area contributed by atoms with Gasteiger partial charge in [-0.3, -0.25) is 0 Å². The highest BCUT2D eigenvalue weighted by Gasteiger charge is 2.21. The van der Waals surface area contributed by atoms with Gasteiger partial charge < -0.3 is 25.2 Å². The lowest BCUT2D eigenvalue weighted by Crippen LogP contribution is -2.40. The molecule has 0 spiro atoms. The van der Waals surface area contributed by atoms with Gasteiger partial charge >= 0.3 is 0 Å². The largest absolute Gasteiger partial charge is 0.496 e. The minimum atomic E-state index is 0.212. The average molecular weight is 378 g/mol. The predicted octanol–water partition coefficient (Wildman–Crippen LogP) is 2.87. The number of guanidine groups is 1. The first kappa shape index (κ1) is 21.4. The van der Waals surface area contributed by atoms with Crippen molar-refractivity contribution in [2.45, 2.75) is 59.1 Å². The van der Waals surface area contributed by atoms with Crippen molar-refractivity contribution in [2.75, 3.05) is 26.8 Å². The number of aliphatic hydroxyl groups excluding tert-OH is 1. The number of ether oxygens (including phenoxy) is 2. The third kappa shape index (κ3) is 6.31. The number of methoxy groups -OCH3 is 1. The Morgan fingerprint density at radius 3 is 2.81 bits per heavy atom. The molecule has 3 N–H and O–H groups in total. The van der Waals surface area contributed by atoms with E-state index in [1.165, 1.54) is 5.56 Å². The summed E-state index contributed by atoms with van der Waals surface area (Å²) in [4.78, 5) is 4.73. The fourth-order valence-corrected chi connectivity index (χ4v) is 3.48. The van der Waals surface area contributed by atoms with Crippen LogP contribution in [-0.4, -0.2) is 44.0 Å². The van der Waals surface area contributed by atoms with E-state index < -0.39 is 0 Å². The molecular weight excluding hydrogens is 342 g/mol. The quantitative estimate of drug-likeness (QED) is 0.432. The molecule has 1 aliphatic rings. The van der Waals surface area contributed by atoms with Crippen LogP contribution in [0.1, 0.15) is 51.2 Å². The highest BCUT2D eigenvalue weighted by Crippen LogP contribution is 2.35. The van der Waals surface area contributed by atoms with Crippen LogP contribution in [0.15, 0.2) is 17.1 Å². The van der Waals surface area contributed by atoms with Crippen molar-refractivity contribution in [3.8, 4) is 11.5 Å². The Kier molecular flexibility index (Phi) is 8.72. The second-order valence-electron chi connectivity index (χ2n) is 7.15. The zero-order chi connectivity index (χ0) is 19.6. The van der Waals surface area contributed by atoms with Gasteiger partial charge in [0.1, 0.15) is 17.6 Å². The number of fused-ring (bicyclic) bond motifs is 1. The van der Waals surface area contributed by atoms with E-state index in [2.05, 4.69) is 43.5 Å². The topological polar surface area (TPSA) is 75.1 Å². The molecule has 0 fully saturated rings. The number of rotatable bonds is 10. The molecular formula is C21H35N3O3. The Morgan fingerprint density at radius 1 is 1.33 bits per heavy atom. The second kappa shape index (κ2) is 11.0. The van der Waals surface area contributed by atoms with Crippen molar-refractivity contribution < 1.29 is 14.6 Å². The van der Waals surface area contributed by atoms with Gasteiger partial charge in [0.05, 0.1) is 13.7 Å². The lowest BCUT2D eigenvalue weighted by Gasteiger charge is -2.18. The summed E-state index contributed by atoms with van der Waals surface area (Å²) in [6, 6.07) is 4.12. The first-order valence-corrected chi connectivity index (χ1v) is 10.1. The summed E-state index contributed by atoms with van der Waals surface area (Å²) in [7, 11) is 1.70. The Hall–Kier alpha value is -1.95. The molecule has 1 heterocycles. The van der Waals surface area contributed by atoms with Gasteiger partial charge in [0.2, 0.25) is 0 Å². The van der Waals surface area contributed by atoms with E-state index in [4.69, 9.17) is 14.5 Å². The maximum absolute atomic E-state index is 9.24. The van der Waals surface area contributed by atoms with Crippen LogP contribution >= 0.6 is 0 Å². The molecule has 2 unspecified atom stereocenters. The van der Waals surface area contributed by atoms with E-state index >= 15 is 0 Å². The highest BCUT2D eigenvalue weighted by atomic mass is 16.5. The van der Waals surface area contributed by atoms with Crippen molar-refractivity contribution >= 4 is 5.96 Å². The van der Waals surface area contributed by atoms with Crippen LogP contribution in [-0.2, 0) is 13.0 Å². The van der Waals surface area contributed by atoms with Gasteiger partial charge in [0, 0.05) is 37.2 Å². The monoisotopic (exact) mass is 377 g/mol. The van der Waals surface area contributed by atoms with Crippen molar-refractivity contribution in [1.29, 1.82) is 0 Å². The van der Waals surface area contributed by atoms with Gasteiger partial charge in [0.25, 0.3) is 0 Å². The molecule has 6 heteroatoms. The summed E-state index contributed by atoms with van der Waals surface area (Å²) in [6.07, 6.45) is 4.16. The SMILES string of the molecule is CCCC(CCO)CNC(=NCc1cc2c(cc1OC)CC(C)O2)NCC. The molecule has 0 saturated heterocycles. The third-order valence-electron chi connectivity index (χ3n) is 4.84. The molecule has 1 aliphatic heterocycles. The maximum Gasteiger partial charge on any atom is 0.191 e. The Bertz CT molecular complexity index is 613. The summed E-state index contributed by atoms with van der Waals surface area (Å²) in [5.41, 5.74) is 2.21. The zero-order valence-electron chi connectivity index (χ0n) is 17.2. The molecule has 0 saturated carbocycles. The lowest BCUT2D eigenvalue weighted by molar-refractivity contribution is 0.251. The number of hydrogen-bond acceptors (Lipinski definition) is 4. The summed E-state index contributed by atoms with van der Waals surface area (Å²) in [5, 5.41) is 15.9. The molecule has 0 radical (unpaired) electrons. The first-order valence-electron chi connectivity index (χ1n) is 10.1. The molecule has 0 amide bonds. The smallest absolute Gasteiger partial charge is 0.191 e. The Balaban J connectivity index is 2.06. The van der Waals surface area contributed by atoms with Gasteiger partial charge in [-0.05, 0) is 44.7 Å². The summed E-state index contributed by atoms with van der Waals surface area (Å²) in [5.74, 6) is 3.04. The number of hydrogen-bond donors (Lipinski definition) is 3. The molecule has 0 aromatic heterocycles. The fraction of sp³-hybridized carbons (Fsp3) is 0.667. The van der Waals surface area contributed by atoms with Crippen LogP contribution in [0.5, 0.6) is 11.5 Å². The fourth-order valence-electron chi connectivity index (χ4n) is 3.48. The maximum atomic E-state index is 9.24. The van der Waals surface area contributed by atoms with Crippen LogP contribution < -0.4 is 20.1 Å². The van der Waals surface area contributed by atoms with Crippen molar-refractivity contribution in [3.05, 3.63) is 23.3 Å². The van der Waals surface area contributed by atoms with Gasteiger partial charge in [0.15, 0.2) is 5.96 Å². The number of aliphatic hydroxyl groups is 1. The van der Waals surface area contributed by atoms with E-state index in [9.17, 15) is 5.11 Å². The van der Waals surface area contributed by atoms with Crippen molar-refractivity contribution in [3.63, 3.8) is 0 Å².